The van der Waals surface area contributed by atoms with Gasteiger partial charge in [0.25, 0.3) is 0 Å². The minimum Gasteiger partial charge on any atom is -0.464 e. The van der Waals surface area contributed by atoms with Crippen LogP contribution < -0.4 is 4.90 Å². The summed E-state index contributed by atoms with van der Waals surface area (Å²) >= 11 is 1.19. The lowest BCUT2D eigenvalue weighted by molar-refractivity contribution is 0.0591. The van der Waals surface area contributed by atoms with Gasteiger partial charge in [0.2, 0.25) is 0 Å². The molecule has 0 spiro atoms. The molecule has 0 saturated carbocycles. The van der Waals surface area contributed by atoms with Crippen molar-refractivity contribution in [2.45, 2.75) is 13.8 Å². The number of anilines is 1. The van der Waals surface area contributed by atoms with E-state index in [0.29, 0.717) is 29.8 Å². The second kappa shape index (κ2) is 7.20. The van der Waals surface area contributed by atoms with Crippen LogP contribution in [0.5, 0.6) is 0 Å². The summed E-state index contributed by atoms with van der Waals surface area (Å²) in [5, 5.41) is 0.602. The zero-order valence-electron chi connectivity index (χ0n) is 11.6. The molecule has 0 radical (unpaired) electrons. The lowest BCUT2D eigenvalue weighted by Crippen LogP contribution is -2.22. The predicted molar refractivity (Wildman–Crippen MR) is 73.2 cm³/mol. The van der Waals surface area contributed by atoms with E-state index in [-0.39, 0.29) is 11.5 Å². The van der Waals surface area contributed by atoms with Crippen LogP contribution in [0.4, 0.5) is 5.13 Å². The van der Waals surface area contributed by atoms with E-state index in [0.717, 1.165) is 0 Å². The first kappa shape index (κ1) is 15.6. The van der Waals surface area contributed by atoms with E-state index >= 15 is 0 Å². The molecule has 0 N–H and O–H groups in total. The summed E-state index contributed by atoms with van der Waals surface area (Å²) in [7, 11) is 3.10. The Morgan fingerprint density at radius 1 is 1.42 bits per heavy atom. The van der Waals surface area contributed by atoms with Crippen molar-refractivity contribution in [3.8, 4) is 0 Å². The van der Waals surface area contributed by atoms with Crippen LogP contribution in [0.25, 0.3) is 0 Å². The molecule has 7 heteroatoms. The summed E-state index contributed by atoms with van der Waals surface area (Å²) in [5.74, 6) is -0.784. The highest BCUT2D eigenvalue weighted by atomic mass is 32.1. The van der Waals surface area contributed by atoms with E-state index in [9.17, 15) is 9.59 Å². The summed E-state index contributed by atoms with van der Waals surface area (Å²) in [6.07, 6.45) is 0. The minimum atomic E-state index is -0.592. The lowest BCUT2D eigenvalue weighted by Gasteiger charge is -2.14. The number of carbonyl (C=O) groups is 2. The van der Waals surface area contributed by atoms with Gasteiger partial charge in [0.05, 0.1) is 13.7 Å². The third-order valence-corrected chi connectivity index (χ3v) is 3.69. The van der Waals surface area contributed by atoms with Gasteiger partial charge >= 0.3 is 5.97 Å². The standard InChI is InChI=1S/C12H18N2O4S/c1-5-18-7-6-14(3)12-13-9(11(16)17-4)10(19-12)8(2)15/h5-7H2,1-4H3. The number of likely N-dealkylation sites (N-methyl/N-ethyl adjacent to an activating group) is 1. The average Bonchev–Trinajstić information content (AvgIpc) is 2.83. The van der Waals surface area contributed by atoms with Gasteiger partial charge in [-0.15, -0.1) is 0 Å². The number of rotatable bonds is 7. The molecule has 0 aromatic carbocycles. The Morgan fingerprint density at radius 2 is 2.11 bits per heavy atom. The van der Waals surface area contributed by atoms with E-state index < -0.39 is 5.97 Å². The number of ether oxygens (including phenoxy) is 2. The molecule has 1 rings (SSSR count). The smallest absolute Gasteiger partial charge is 0.358 e. The van der Waals surface area contributed by atoms with Crippen molar-refractivity contribution >= 4 is 28.2 Å². The maximum absolute atomic E-state index is 11.6. The number of hydrogen-bond donors (Lipinski definition) is 0. The summed E-state index contributed by atoms with van der Waals surface area (Å²) < 4.78 is 9.88. The Kier molecular flexibility index (Phi) is 5.91. The minimum absolute atomic E-state index is 0.0817. The summed E-state index contributed by atoms with van der Waals surface area (Å²) in [6, 6.07) is 0. The number of carbonyl (C=O) groups excluding carboxylic acids is 2. The number of thiazole rings is 1. The Bertz CT molecular complexity index is 459. The second-order valence-corrected chi connectivity index (χ2v) is 4.82. The van der Waals surface area contributed by atoms with Crippen molar-refractivity contribution in [1.82, 2.24) is 4.98 Å². The molecule has 0 unspecified atom stereocenters. The molecule has 0 aliphatic rings. The average molecular weight is 286 g/mol. The number of Topliss-reactive ketones (excluding diaryl/α,β-unsaturated/α-hetero) is 1. The molecule has 0 atom stereocenters. The highest BCUT2D eigenvalue weighted by molar-refractivity contribution is 7.17. The van der Waals surface area contributed by atoms with Crippen molar-refractivity contribution in [1.29, 1.82) is 0 Å². The number of hydrogen-bond acceptors (Lipinski definition) is 7. The second-order valence-electron chi connectivity index (χ2n) is 3.84. The van der Waals surface area contributed by atoms with Crippen LogP contribution in [0.2, 0.25) is 0 Å². The van der Waals surface area contributed by atoms with Crippen LogP contribution >= 0.6 is 11.3 Å². The normalized spacial score (nSPS) is 10.3. The third-order valence-electron chi connectivity index (χ3n) is 2.42. The van der Waals surface area contributed by atoms with E-state index in [1.165, 1.54) is 25.4 Å². The van der Waals surface area contributed by atoms with Crippen molar-refractivity contribution in [2.75, 3.05) is 38.8 Å². The number of ketones is 1. The van der Waals surface area contributed by atoms with E-state index in [1.807, 2.05) is 18.9 Å². The van der Waals surface area contributed by atoms with Crippen LogP contribution in [0, 0.1) is 0 Å². The molecule has 0 amide bonds. The molecular formula is C12H18N2O4S. The first-order valence-electron chi connectivity index (χ1n) is 5.90. The Balaban J connectivity index is 2.91. The van der Waals surface area contributed by atoms with Gasteiger partial charge in [0, 0.05) is 27.1 Å². The monoisotopic (exact) mass is 286 g/mol. The zero-order chi connectivity index (χ0) is 14.4. The predicted octanol–water partition coefficient (Wildman–Crippen LogP) is 1.60. The van der Waals surface area contributed by atoms with E-state index in [4.69, 9.17) is 4.74 Å². The van der Waals surface area contributed by atoms with Crippen molar-refractivity contribution in [3.63, 3.8) is 0 Å². The fourth-order valence-corrected chi connectivity index (χ4v) is 2.32. The summed E-state index contributed by atoms with van der Waals surface area (Å²) in [4.78, 5) is 29.4. The van der Waals surface area contributed by atoms with E-state index in [2.05, 4.69) is 9.72 Å². The van der Waals surface area contributed by atoms with E-state index in [1.54, 1.807) is 0 Å². The van der Waals surface area contributed by atoms with Gasteiger partial charge in [-0.05, 0) is 6.92 Å². The van der Waals surface area contributed by atoms with Crippen LogP contribution in [-0.2, 0) is 9.47 Å². The maximum Gasteiger partial charge on any atom is 0.358 e. The number of esters is 1. The Hall–Kier alpha value is -1.47. The molecule has 6 nitrogen and oxygen atoms in total. The Labute approximate surface area is 116 Å². The quantitative estimate of drug-likeness (QED) is 0.431. The molecule has 1 aromatic rings. The van der Waals surface area contributed by atoms with Crippen molar-refractivity contribution < 1.29 is 19.1 Å². The van der Waals surface area contributed by atoms with Gasteiger partial charge in [0.15, 0.2) is 16.6 Å². The molecule has 19 heavy (non-hydrogen) atoms. The van der Waals surface area contributed by atoms with Gasteiger partial charge < -0.3 is 14.4 Å². The van der Waals surface area contributed by atoms with Crippen LogP contribution in [-0.4, -0.2) is 50.7 Å². The van der Waals surface area contributed by atoms with Gasteiger partial charge in [-0.3, -0.25) is 4.79 Å². The number of nitrogens with zero attached hydrogens (tertiary/aromatic N) is 2. The molecule has 1 aromatic heterocycles. The Morgan fingerprint density at radius 3 is 2.63 bits per heavy atom. The third kappa shape index (κ3) is 4.00. The fraction of sp³-hybridized carbons (Fsp3) is 0.583. The summed E-state index contributed by atoms with van der Waals surface area (Å²) in [6.45, 7) is 5.18. The highest BCUT2D eigenvalue weighted by Crippen LogP contribution is 2.26. The maximum atomic E-state index is 11.6. The molecule has 0 aliphatic carbocycles. The van der Waals surface area contributed by atoms with Crippen molar-refractivity contribution in [3.05, 3.63) is 10.6 Å². The van der Waals surface area contributed by atoms with Crippen molar-refractivity contribution in [2.24, 2.45) is 0 Å². The first-order chi connectivity index (χ1) is 9.01. The molecular weight excluding hydrogens is 268 g/mol. The van der Waals surface area contributed by atoms with Crippen LogP contribution in [0.1, 0.15) is 34.0 Å². The van der Waals surface area contributed by atoms with Crippen LogP contribution in [0.15, 0.2) is 0 Å². The molecule has 106 valence electrons. The molecule has 0 saturated heterocycles. The number of aromatic nitrogens is 1. The molecule has 0 aliphatic heterocycles. The number of methoxy groups -OCH3 is 1. The lowest BCUT2D eigenvalue weighted by atomic mass is 10.3. The largest absolute Gasteiger partial charge is 0.464 e. The van der Waals surface area contributed by atoms with Gasteiger partial charge in [-0.25, -0.2) is 9.78 Å². The SMILES string of the molecule is CCOCCN(C)c1nc(C(=O)OC)c(C(C)=O)s1. The molecule has 0 fully saturated rings. The van der Waals surface area contributed by atoms with Crippen LogP contribution in [0.3, 0.4) is 0 Å². The summed E-state index contributed by atoms with van der Waals surface area (Å²) in [5.41, 5.74) is 0.0817. The topological polar surface area (TPSA) is 68.7 Å². The molecule has 1 heterocycles. The first-order valence-corrected chi connectivity index (χ1v) is 6.71. The highest BCUT2D eigenvalue weighted by Gasteiger charge is 2.23. The van der Waals surface area contributed by atoms with Gasteiger partial charge in [-0.1, -0.05) is 11.3 Å². The fourth-order valence-electron chi connectivity index (χ4n) is 1.39. The molecule has 0 bridgehead atoms. The van der Waals surface area contributed by atoms with Gasteiger partial charge in [0.1, 0.15) is 4.88 Å². The van der Waals surface area contributed by atoms with Gasteiger partial charge in [-0.2, -0.15) is 0 Å². The zero-order valence-corrected chi connectivity index (χ0v) is 12.4.